The van der Waals surface area contributed by atoms with Gasteiger partial charge in [-0.05, 0) is 165 Å². The number of aryl methyl sites for hydroxylation is 1. The van der Waals surface area contributed by atoms with E-state index in [-0.39, 0.29) is 46.6 Å². The first-order chi connectivity index (χ1) is 40.9. The Morgan fingerprint density at radius 2 is 1.71 bits per heavy atom. The van der Waals surface area contributed by atoms with Crippen LogP contribution in [0.15, 0.2) is 114 Å². The van der Waals surface area contributed by atoms with Crippen molar-refractivity contribution in [2.75, 3.05) is 56.0 Å². The molecule has 2 saturated heterocycles. The molecule has 5 heterocycles. The number of carbonyl (C=O) groups is 4. The number of nitrogens with one attached hydrogen (secondary N) is 5. The molecule has 2 aromatic heterocycles. The van der Waals surface area contributed by atoms with E-state index in [2.05, 4.69) is 72.5 Å². The maximum absolute atomic E-state index is 14.2. The minimum atomic E-state index is -4.62. The van der Waals surface area contributed by atoms with Crippen LogP contribution in [0.1, 0.15) is 128 Å². The van der Waals surface area contributed by atoms with Crippen LogP contribution in [0.2, 0.25) is 5.02 Å². The van der Waals surface area contributed by atoms with Crippen molar-refractivity contribution in [1.29, 1.82) is 0 Å². The minimum absolute atomic E-state index is 0.0504. The fraction of sp³-hybridized carbons (Fsp3) is 0.422. The summed E-state index contributed by atoms with van der Waals surface area (Å²) in [6.45, 7) is 10.3. The number of H-pyrrole nitrogens is 1. The number of sulfonamides is 1. The number of aromatic amines is 1. The van der Waals surface area contributed by atoms with E-state index in [0.717, 1.165) is 130 Å². The van der Waals surface area contributed by atoms with Crippen molar-refractivity contribution in [3.05, 3.63) is 152 Å². The highest BCUT2D eigenvalue weighted by Gasteiger charge is 2.40. The van der Waals surface area contributed by atoms with Gasteiger partial charge in [0.1, 0.15) is 28.9 Å². The maximum atomic E-state index is 14.2. The lowest BCUT2D eigenvalue weighted by molar-refractivity contribution is -0.384. The summed E-state index contributed by atoms with van der Waals surface area (Å²) in [6.07, 6.45) is 14.5. The largest absolute Gasteiger partial charge is 0.455 e. The molecular formula is C64H73ClN10O9S. The molecule has 0 radical (unpaired) electrons. The van der Waals surface area contributed by atoms with E-state index in [0.29, 0.717) is 55.6 Å². The van der Waals surface area contributed by atoms with Gasteiger partial charge in [0.05, 0.1) is 21.6 Å². The first kappa shape index (κ1) is 59.1. The van der Waals surface area contributed by atoms with Crippen LogP contribution >= 0.6 is 11.6 Å². The predicted octanol–water partition coefficient (Wildman–Crippen LogP) is 10.6. The lowest BCUT2D eigenvalue weighted by atomic mass is 9.72. The Kier molecular flexibility index (Phi) is 17.7. The van der Waals surface area contributed by atoms with Gasteiger partial charge < -0.3 is 30.2 Å². The average molecular weight is 1190 g/mol. The summed E-state index contributed by atoms with van der Waals surface area (Å²) in [7, 11) is -4.62. The highest BCUT2D eigenvalue weighted by molar-refractivity contribution is 7.90. The number of ether oxygens (including phenoxy) is 1. The highest BCUT2D eigenvalue weighted by atomic mass is 35.5. The number of unbranched alkanes of at least 4 members (excludes halogenated alkanes) is 2. The molecule has 4 aromatic carbocycles. The SMILES string of the molecule is CC1(C)CCC(CN2CCN(c3ccc(C(=O)NS(=O)(=O)c4ccc(NC[C@H]5CC[C@H](NCCCCCc6cccc7c6CN(C6CCC(=O)NC6=O)C7=O)CC5)c([N+](=O)[O-])c4)c(Oc4cnc5[nH]ccc5c4)c3)CC2)=C(c2ccc(Cl)cc2)C1. The molecule has 3 fully saturated rings. The zero-order valence-electron chi connectivity index (χ0n) is 48.1. The molecule has 5 aliphatic rings. The monoisotopic (exact) mass is 1190 g/mol. The van der Waals surface area contributed by atoms with Crippen LogP contribution in [-0.4, -0.2) is 115 Å². The lowest BCUT2D eigenvalue weighted by Crippen LogP contribution is -2.52. The third kappa shape index (κ3) is 13.9. The maximum Gasteiger partial charge on any atom is 0.293 e. The number of nitro benzene ring substituents is 1. The number of piperidine rings is 1. The number of allylic oxidation sites excluding steroid dienone is 1. The number of piperazine rings is 1. The van der Waals surface area contributed by atoms with Gasteiger partial charge in [0.25, 0.3) is 27.5 Å². The Bertz CT molecular complexity index is 3670. The molecule has 5 N–H and O–H groups in total. The fourth-order valence-corrected chi connectivity index (χ4v) is 13.9. The summed E-state index contributed by atoms with van der Waals surface area (Å²) in [5, 5.41) is 23.3. The Morgan fingerprint density at radius 1 is 0.906 bits per heavy atom. The van der Waals surface area contributed by atoms with Gasteiger partial charge in [-0.2, -0.15) is 0 Å². The molecule has 19 nitrogen and oxygen atoms in total. The van der Waals surface area contributed by atoms with E-state index in [1.165, 1.54) is 35.0 Å². The van der Waals surface area contributed by atoms with Gasteiger partial charge in [-0.1, -0.05) is 61.7 Å². The van der Waals surface area contributed by atoms with Crippen molar-refractivity contribution in [1.82, 2.24) is 35.1 Å². The Morgan fingerprint density at radius 3 is 2.48 bits per heavy atom. The third-order valence-electron chi connectivity index (χ3n) is 17.7. The smallest absolute Gasteiger partial charge is 0.293 e. The number of fused-ring (bicyclic) bond motifs is 2. The van der Waals surface area contributed by atoms with Gasteiger partial charge in [-0.3, -0.25) is 39.5 Å². The summed E-state index contributed by atoms with van der Waals surface area (Å²) >= 11 is 6.27. The van der Waals surface area contributed by atoms with E-state index in [1.807, 2.05) is 30.3 Å². The molecule has 2 aliphatic carbocycles. The normalized spacial score (nSPS) is 20.1. The summed E-state index contributed by atoms with van der Waals surface area (Å²) < 4.78 is 36.5. The summed E-state index contributed by atoms with van der Waals surface area (Å²) in [4.78, 5) is 76.9. The third-order valence-corrected chi connectivity index (χ3v) is 19.3. The van der Waals surface area contributed by atoms with Crippen LogP contribution in [-0.2, 0) is 32.6 Å². The van der Waals surface area contributed by atoms with Crippen molar-refractivity contribution in [3.8, 4) is 11.5 Å². The Hall–Kier alpha value is -7.65. The number of imide groups is 1. The van der Waals surface area contributed by atoms with Gasteiger partial charge >= 0.3 is 0 Å². The van der Waals surface area contributed by atoms with Crippen LogP contribution in [0.3, 0.4) is 0 Å². The molecule has 85 heavy (non-hydrogen) atoms. The first-order valence-electron chi connectivity index (χ1n) is 29.7. The zero-order valence-corrected chi connectivity index (χ0v) is 49.7. The molecular weight excluding hydrogens is 1120 g/mol. The molecule has 0 spiro atoms. The van der Waals surface area contributed by atoms with Crippen molar-refractivity contribution in [2.45, 2.75) is 121 Å². The van der Waals surface area contributed by atoms with E-state index in [4.69, 9.17) is 16.3 Å². The number of amides is 4. The van der Waals surface area contributed by atoms with E-state index in [1.54, 1.807) is 35.4 Å². The second kappa shape index (κ2) is 25.5. The standard InChI is InChI=1S/C64H73ClN10O9S/c1-64(2)26-24-45(53(36-64)43-12-14-46(65)15-13-43)39-72-29-31-73(32-30-72)48-18-20-52(58(34-48)84-49-33-44-25-28-67-60(44)69-38-49)61(77)71-85(82,83)50-19-21-55(57(35-50)75(80)81)68-37-41-10-16-47(17-11-41)66-27-5-3-4-7-42-8-6-9-51-54(42)40-74(63(51)79)56-22-23-59(76)70-62(56)78/h6,8-9,12-15,18-21,25,28,33-35,38,41,47,56,66,68H,3-5,7,10-11,16-17,22-24,26-27,29-32,36-37,39-40H2,1-2H3,(H,67,69)(H,71,77)(H,70,76,78)/t41-,47-,56?. The number of aromatic nitrogens is 2. The highest BCUT2D eigenvalue weighted by Crippen LogP contribution is 2.44. The number of nitro groups is 1. The van der Waals surface area contributed by atoms with Gasteiger partial charge in [0.2, 0.25) is 11.8 Å². The van der Waals surface area contributed by atoms with Gasteiger partial charge in [0.15, 0.2) is 0 Å². The number of halogens is 1. The topological polar surface area (TPSA) is 241 Å². The molecule has 6 aromatic rings. The second-order valence-electron chi connectivity index (χ2n) is 24.1. The van der Waals surface area contributed by atoms with Crippen LogP contribution in [0.5, 0.6) is 11.5 Å². The quantitative estimate of drug-likeness (QED) is 0.0195. The second-order valence-corrected chi connectivity index (χ2v) is 26.3. The number of carbonyl (C=O) groups excluding carboxylic acids is 4. The minimum Gasteiger partial charge on any atom is -0.455 e. The number of pyridine rings is 1. The molecule has 1 saturated carbocycles. The number of hydrogen-bond acceptors (Lipinski definition) is 14. The van der Waals surface area contributed by atoms with Crippen molar-refractivity contribution in [3.63, 3.8) is 0 Å². The van der Waals surface area contributed by atoms with Crippen molar-refractivity contribution < 1.29 is 37.3 Å². The predicted molar refractivity (Wildman–Crippen MR) is 327 cm³/mol. The van der Waals surface area contributed by atoms with Crippen LogP contribution < -0.4 is 30.3 Å². The fourth-order valence-electron chi connectivity index (χ4n) is 12.8. The van der Waals surface area contributed by atoms with Gasteiger partial charge in [0, 0.05) is 98.3 Å². The van der Waals surface area contributed by atoms with Crippen LogP contribution in [0.4, 0.5) is 17.1 Å². The van der Waals surface area contributed by atoms with Gasteiger partial charge in [-0.25, -0.2) is 18.1 Å². The van der Waals surface area contributed by atoms with Gasteiger partial charge in [-0.15, -0.1) is 0 Å². The van der Waals surface area contributed by atoms with E-state index < -0.39 is 43.4 Å². The molecule has 21 heteroatoms. The lowest BCUT2D eigenvalue weighted by Gasteiger charge is -2.39. The molecule has 1 unspecified atom stereocenters. The van der Waals surface area contributed by atoms with Crippen molar-refractivity contribution >= 4 is 78.9 Å². The average Bonchev–Trinajstić information content (AvgIpc) is 2.99. The Balaban J connectivity index is 0.669. The number of benzene rings is 4. The molecule has 11 rings (SSSR count). The van der Waals surface area contributed by atoms with Crippen molar-refractivity contribution in [2.24, 2.45) is 11.3 Å². The first-order valence-corrected chi connectivity index (χ1v) is 31.6. The van der Waals surface area contributed by atoms with E-state index >= 15 is 0 Å². The molecule has 3 aliphatic heterocycles. The number of rotatable bonds is 21. The number of anilines is 2. The number of nitrogens with zero attached hydrogens (tertiary/aromatic N) is 5. The molecule has 0 bridgehead atoms. The van der Waals surface area contributed by atoms with E-state index in [9.17, 15) is 37.7 Å². The summed E-state index contributed by atoms with van der Waals surface area (Å²) in [5.74, 6) is -1.13. The number of hydrogen-bond donors (Lipinski definition) is 5. The van der Waals surface area contributed by atoms with Crippen LogP contribution in [0, 0.1) is 21.4 Å². The zero-order chi connectivity index (χ0) is 59.4. The summed E-state index contributed by atoms with van der Waals surface area (Å²) in [6, 6.07) is 26.0. The van der Waals surface area contributed by atoms with Crippen LogP contribution in [0.25, 0.3) is 16.6 Å². The molecule has 4 amide bonds. The Labute approximate surface area is 500 Å². The molecule has 446 valence electrons. The summed E-state index contributed by atoms with van der Waals surface area (Å²) in [5.41, 5.74) is 8.18. The molecule has 1 atom stereocenters.